The highest BCUT2D eigenvalue weighted by molar-refractivity contribution is 7.99. The van der Waals surface area contributed by atoms with Gasteiger partial charge in [-0.15, -0.1) is 0 Å². The molecule has 1 aromatic carbocycles. The number of carbonyl (C=O) groups excluding carboxylic acids is 1. The van der Waals surface area contributed by atoms with Gasteiger partial charge in [0.2, 0.25) is 15.9 Å². The van der Waals surface area contributed by atoms with Crippen LogP contribution in [0, 0.1) is 0 Å². The molecule has 0 aromatic heterocycles. The van der Waals surface area contributed by atoms with Crippen molar-refractivity contribution in [3.8, 4) is 0 Å². The number of alkyl halides is 3. The number of halogens is 4. The predicted molar refractivity (Wildman–Crippen MR) is 111 cm³/mol. The molecule has 0 saturated heterocycles. The van der Waals surface area contributed by atoms with E-state index in [1.165, 1.54) is 19.8 Å². The molecule has 0 heterocycles. The fourth-order valence-electron chi connectivity index (χ4n) is 3.28. The van der Waals surface area contributed by atoms with Gasteiger partial charge in [-0.25, -0.2) is 8.42 Å². The van der Waals surface area contributed by atoms with E-state index in [1.54, 1.807) is 11.8 Å². The maximum absolute atomic E-state index is 13.1. The Hall–Kier alpha value is -1.13. The van der Waals surface area contributed by atoms with Crippen molar-refractivity contribution < 1.29 is 26.4 Å². The monoisotopic (exact) mass is 472 g/mol. The lowest BCUT2D eigenvalue weighted by molar-refractivity contribution is -0.137. The summed E-state index contributed by atoms with van der Waals surface area (Å²) in [5.41, 5.74) is -1.43. The molecule has 2 rings (SSSR count). The van der Waals surface area contributed by atoms with Gasteiger partial charge in [0.25, 0.3) is 0 Å². The largest absolute Gasteiger partial charge is 0.417 e. The molecule has 1 N–H and O–H groups in total. The smallest absolute Gasteiger partial charge is 0.353 e. The van der Waals surface area contributed by atoms with Crippen molar-refractivity contribution >= 4 is 45.0 Å². The molecule has 1 aromatic rings. The number of hydrogen-bond acceptors (Lipinski definition) is 4. The third kappa shape index (κ3) is 6.68. The highest BCUT2D eigenvalue weighted by Gasteiger charge is 2.36. The summed E-state index contributed by atoms with van der Waals surface area (Å²) in [6.45, 7) is 1.69. The zero-order valence-corrected chi connectivity index (χ0v) is 18.5. The van der Waals surface area contributed by atoms with Crippen LogP contribution in [0.5, 0.6) is 0 Å². The van der Waals surface area contributed by atoms with Crippen molar-refractivity contribution in [1.82, 2.24) is 5.32 Å². The van der Waals surface area contributed by atoms with Gasteiger partial charge >= 0.3 is 6.18 Å². The van der Waals surface area contributed by atoms with E-state index < -0.39 is 38.7 Å². The molecule has 1 unspecified atom stereocenters. The number of anilines is 1. The third-order valence-corrected chi connectivity index (χ3v) is 7.61. The molecule has 0 radical (unpaired) electrons. The second-order valence-electron chi connectivity index (χ2n) is 6.96. The summed E-state index contributed by atoms with van der Waals surface area (Å²) < 4.78 is 64.6. The summed E-state index contributed by atoms with van der Waals surface area (Å²) in [6, 6.07) is 1.55. The van der Waals surface area contributed by atoms with Gasteiger partial charge in [0.15, 0.2) is 0 Å². The van der Waals surface area contributed by atoms with Crippen LogP contribution < -0.4 is 9.62 Å². The van der Waals surface area contributed by atoms with Crippen LogP contribution in [0.15, 0.2) is 18.2 Å². The summed E-state index contributed by atoms with van der Waals surface area (Å²) in [7, 11) is -4.02. The molecule has 1 aliphatic carbocycles. The second kappa shape index (κ2) is 9.78. The van der Waals surface area contributed by atoms with Gasteiger partial charge in [-0.1, -0.05) is 24.4 Å². The number of rotatable bonds is 8. The number of nitrogens with zero attached hydrogens (tertiary/aromatic N) is 1. The average Bonchev–Trinajstić information content (AvgIpc) is 3.11. The van der Waals surface area contributed by atoms with E-state index in [9.17, 15) is 26.4 Å². The first kappa shape index (κ1) is 24.1. The van der Waals surface area contributed by atoms with Crippen LogP contribution in [-0.2, 0) is 21.0 Å². The fraction of sp³-hybridized carbons (Fsp3) is 0.611. The average molecular weight is 473 g/mol. The molecule has 1 atom stereocenters. The predicted octanol–water partition coefficient (Wildman–Crippen LogP) is 4.31. The van der Waals surface area contributed by atoms with Gasteiger partial charge in [-0.2, -0.15) is 24.9 Å². The minimum atomic E-state index is -4.75. The Balaban J connectivity index is 2.12. The molecule has 1 amide bonds. The minimum absolute atomic E-state index is 0.271. The first-order chi connectivity index (χ1) is 13.4. The van der Waals surface area contributed by atoms with Crippen LogP contribution in [-0.4, -0.2) is 44.2 Å². The van der Waals surface area contributed by atoms with E-state index in [0.717, 1.165) is 31.2 Å². The van der Waals surface area contributed by atoms with E-state index in [-0.39, 0.29) is 5.69 Å². The number of benzene rings is 1. The standard InChI is InChI=1S/C18H24ClF3N2O3S2/c1-12(17(25)23-9-10-28-14-5-3-4-6-14)24(29(2,26)27)13-7-8-16(19)15(11-13)18(20,21)22/h7-8,11-12,14H,3-6,9-10H2,1-2H3,(H,23,25). The van der Waals surface area contributed by atoms with E-state index in [2.05, 4.69) is 5.32 Å². The normalized spacial score (nSPS) is 16.6. The van der Waals surface area contributed by atoms with Crippen molar-refractivity contribution in [1.29, 1.82) is 0 Å². The van der Waals surface area contributed by atoms with Gasteiger partial charge in [0, 0.05) is 17.5 Å². The van der Waals surface area contributed by atoms with Crippen LogP contribution in [0.2, 0.25) is 5.02 Å². The first-order valence-electron chi connectivity index (χ1n) is 9.16. The minimum Gasteiger partial charge on any atom is -0.353 e. The molecule has 29 heavy (non-hydrogen) atoms. The van der Waals surface area contributed by atoms with Crippen molar-refractivity contribution in [3.05, 3.63) is 28.8 Å². The molecule has 11 heteroatoms. The highest BCUT2D eigenvalue weighted by atomic mass is 35.5. The van der Waals surface area contributed by atoms with Gasteiger partial charge < -0.3 is 5.32 Å². The van der Waals surface area contributed by atoms with Crippen LogP contribution in [0.1, 0.15) is 38.2 Å². The zero-order valence-electron chi connectivity index (χ0n) is 16.1. The number of carbonyl (C=O) groups is 1. The Morgan fingerprint density at radius 1 is 1.34 bits per heavy atom. The van der Waals surface area contributed by atoms with E-state index >= 15 is 0 Å². The lowest BCUT2D eigenvalue weighted by atomic mass is 10.1. The summed E-state index contributed by atoms with van der Waals surface area (Å²) in [5.74, 6) is 0.118. The number of hydrogen-bond donors (Lipinski definition) is 1. The Morgan fingerprint density at radius 2 is 1.97 bits per heavy atom. The maximum Gasteiger partial charge on any atom is 0.417 e. The fourth-order valence-corrected chi connectivity index (χ4v) is 5.89. The Morgan fingerprint density at radius 3 is 2.52 bits per heavy atom. The van der Waals surface area contributed by atoms with E-state index in [1.807, 2.05) is 0 Å². The van der Waals surface area contributed by atoms with Gasteiger partial charge in [-0.05, 0) is 38.0 Å². The number of sulfonamides is 1. The van der Waals surface area contributed by atoms with Crippen molar-refractivity contribution in [2.24, 2.45) is 0 Å². The highest BCUT2D eigenvalue weighted by Crippen LogP contribution is 2.37. The molecule has 0 spiro atoms. The van der Waals surface area contributed by atoms with Crippen LogP contribution in [0.4, 0.5) is 18.9 Å². The first-order valence-corrected chi connectivity index (χ1v) is 12.4. The van der Waals surface area contributed by atoms with Crippen LogP contribution in [0.3, 0.4) is 0 Å². The molecule has 1 aliphatic rings. The van der Waals surface area contributed by atoms with Crippen molar-refractivity contribution in [2.45, 2.75) is 50.1 Å². The summed E-state index contributed by atoms with van der Waals surface area (Å²) >= 11 is 7.38. The maximum atomic E-state index is 13.1. The molecular weight excluding hydrogens is 449 g/mol. The molecular formula is C18H24ClF3N2O3S2. The Bertz CT molecular complexity index is 828. The van der Waals surface area contributed by atoms with E-state index in [4.69, 9.17) is 11.6 Å². The summed E-state index contributed by atoms with van der Waals surface area (Å²) in [5, 5.41) is 2.71. The Kier molecular flexibility index (Phi) is 8.15. The topological polar surface area (TPSA) is 66.5 Å². The molecule has 0 aliphatic heterocycles. The number of thioether (sulfide) groups is 1. The lowest BCUT2D eigenvalue weighted by Gasteiger charge is -2.29. The quantitative estimate of drug-likeness (QED) is 0.573. The second-order valence-corrected chi connectivity index (χ2v) is 10.6. The lowest BCUT2D eigenvalue weighted by Crippen LogP contribution is -2.48. The van der Waals surface area contributed by atoms with Crippen LogP contribution in [0.25, 0.3) is 0 Å². The molecule has 164 valence electrons. The van der Waals surface area contributed by atoms with Crippen LogP contribution >= 0.6 is 23.4 Å². The molecule has 1 saturated carbocycles. The van der Waals surface area contributed by atoms with Crippen molar-refractivity contribution in [3.63, 3.8) is 0 Å². The molecule has 5 nitrogen and oxygen atoms in total. The van der Waals surface area contributed by atoms with Crippen molar-refractivity contribution in [2.75, 3.05) is 22.9 Å². The zero-order chi connectivity index (χ0) is 21.8. The SMILES string of the molecule is CC(C(=O)NCCSC1CCCC1)N(c1ccc(Cl)c(C(F)(F)F)c1)S(C)(=O)=O. The number of amides is 1. The molecule has 0 bridgehead atoms. The Labute approximate surface area is 178 Å². The van der Waals surface area contributed by atoms with E-state index in [0.29, 0.717) is 27.9 Å². The number of nitrogens with one attached hydrogen (secondary N) is 1. The third-order valence-electron chi connectivity index (χ3n) is 4.66. The van der Waals surface area contributed by atoms with Gasteiger partial charge in [0.1, 0.15) is 6.04 Å². The molecule has 1 fully saturated rings. The summed E-state index contributed by atoms with van der Waals surface area (Å²) in [4.78, 5) is 12.5. The van der Waals surface area contributed by atoms with Gasteiger partial charge in [-0.3, -0.25) is 9.10 Å². The van der Waals surface area contributed by atoms with Gasteiger partial charge in [0.05, 0.1) is 22.5 Å². The summed E-state index contributed by atoms with van der Waals surface area (Å²) in [6.07, 6.45) is 0.842.